The van der Waals surface area contributed by atoms with Crippen molar-refractivity contribution in [2.24, 2.45) is 7.05 Å². The third-order valence-corrected chi connectivity index (χ3v) is 4.65. The Hall–Kier alpha value is -3.23. The normalized spacial score (nSPS) is 15.2. The van der Waals surface area contributed by atoms with Crippen molar-refractivity contribution in [3.63, 3.8) is 0 Å². The van der Waals surface area contributed by atoms with Crippen molar-refractivity contribution >= 4 is 17.8 Å². The number of hydrogen-bond acceptors (Lipinski definition) is 4. The van der Waals surface area contributed by atoms with Crippen molar-refractivity contribution in [1.29, 1.82) is 0 Å². The van der Waals surface area contributed by atoms with Crippen molar-refractivity contribution in [3.8, 4) is 0 Å². The lowest BCUT2D eigenvalue weighted by molar-refractivity contribution is -0.126. The van der Waals surface area contributed by atoms with Gasteiger partial charge in [-0.3, -0.25) is 14.5 Å². The summed E-state index contributed by atoms with van der Waals surface area (Å²) < 4.78 is 16.0. The maximum absolute atomic E-state index is 14.3. The van der Waals surface area contributed by atoms with Crippen LogP contribution in [0.15, 0.2) is 36.7 Å². The molecule has 1 atom stereocenters. The Morgan fingerprint density at radius 3 is 2.64 bits per heavy atom. The quantitative estimate of drug-likeness (QED) is 0.729. The molecule has 0 radical (unpaired) electrons. The Morgan fingerprint density at radius 2 is 2.04 bits per heavy atom. The molecular weight excluding hydrogens is 365 g/mol. The van der Waals surface area contributed by atoms with Gasteiger partial charge in [-0.1, -0.05) is 18.2 Å². The molecule has 1 aromatic heterocycles. The minimum atomic E-state index is -0.741. The van der Waals surface area contributed by atoms with Crippen LogP contribution in [-0.2, 0) is 16.6 Å². The van der Waals surface area contributed by atoms with Gasteiger partial charge in [0.15, 0.2) is 0 Å². The van der Waals surface area contributed by atoms with Crippen LogP contribution in [0.5, 0.6) is 0 Å². The molecule has 1 N–H and O–H groups in total. The van der Waals surface area contributed by atoms with Gasteiger partial charge in [-0.15, -0.1) is 0 Å². The molecule has 0 bridgehead atoms. The Kier molecular flexibility index (Phi) is 5.72. The maximum atomic E-state index is 14.3. The molecule has 1 aromatic carbocycles. The highest BCUT2D eigenvalue weighted by molar-refractivity contribution is 6.01. The van der Waals surface area contributed by atoms with Crippen molar-refractivity contribution in [2.75, 3.05) is 20.1 Å². The van der Waals surface area contributed by atoms with Crippen molar-refractivity contribution in [3.05, 3.63) is 53.9 Å². The molecule has 1 saturated heterocycles. The lowest BCUT2D eigenvalue weighted by Crippen LogP contribution is -2.34. The summed E-state index contributed by atoms with van der Waals surface area (Å²) in [6.07, 6.45) is 3.71. The number of nitrogens with one attached hydrogen (secondary N) is 1. The van der Waals surface area contributed by atoms with E-state index in [4.69, 9.17) is 0 Å². The fourth-order valence-electron chi connectivity index (χ4n) is 3.17. The number of carbonyl (C=O) groups is 3. The first kappa shape index (κ1) is 19.5. The summed E-state index contributed by atoms with van der Waals surface area (Å²) in [6.45, 7) is 0.224. The largest absolute Gasteiger partial charge is 0.342 e. The summed E-state index contributed by atoms with van der Waals surface area (Å²) in [5.41, 5.74) is 0.316. The average molecular weight is 387 g/mol. The number of aromatic nitrogens is 2. The molecule has 0 spiro atoms. The predicted octanol–water partition coefficient (Wildman–Crippen LogP) is 1.44. The fourth-order valence-corrected chi connectivity index (χ4v) is 3.17. The van der Waals surface area contributed by atoms with Crippen molar-refractivity contribution in [2.45, 2.75) is 18.9 Å². The van der Waals surface area contributed by atoms with Gasteiger partial charge in [0, 0.05) is 45.0 Å². The maximum Gasteiger partial charge on any atom is 0.326 e. The van der Waals surface area contributed by atoms with Gasteiger partial charge in [0.25, 0.3) is 0 Å². The summed E-state index contributed by atoms with van der Waals surface area (Å²) in [6, 6.07) is 5.11. The lowest BCUT2D eigenvalue weighted by Gasteiger charge is -2.20. The number of nitrogens with zero attached hydrogens (tertiary/aromatic N) is 4. The van der Waals surface area contributed by atoms with Crippen LogP contribution in [0.3, 0.4) is 0 Å². The molecule has 28 heavy (non-hydrogen) atoms. The minimum absolute atomic E-state index is 0.0551. The molecule has 1 aliphatic rings. The van der Waals surface area contributed by atoms with E-state index in [0.717, 1.165) is 4.90 Å². The zero-order valence-electron chi connectivity index (χ0n) is 15.8. The summed E-state index contributed by atoms with van der Waals surface area (Å²) in [5.74, 6) is -0.522. The number of carbonyl (C=O) groups excluding carboxylic acids is 3. The number of benzene rings is 1. The first-order valence-electron chi connectivity index (χ1n) is 8.95. The standard InChI is InChI=1S/C19H22FN5O3/c1-23-11-9-21-18(23)17(13-6-3-4-7-14(13)20)22-15(26)8-5-10-25-16(27)12-24(2)19(25)28/h3-4,6-7,9,11,17H,5,8,10,12H2,1-2H3,(H,22,26)/t17-/m0/s1. The van der Waals surface area contributed by atoms with Gasteiger partial charge < -0.3 is 14.8 Å². The molecule has 2 aromatic rings. The van der Waals surface area contributed by atoms with E-state index >= 15 is 0 Å². The molecule has 8 nitrogen and oxygen atoms in total. The first-order valence-corrected chi connectivity index (χ1v) is 8.95. The third kappa shape index (κ3) is 4.03. The van der Waals surface area contributed by atoms with Crippen molar-refractivity contribution in [1.82, 2.24) is 24.7 Å². The van der Waals surface area contributed by atoms with Crippen LogP contribution in [-0.4, -0.2) is 57.3 Å². The summed E-state index contributed by atoms with van der Waals surface area (Å²) in [5, 5.41) is 2.81. The van der Waals surface area contributed by atoms with Crippen LogP contribution >= 0.6 is 0 Å². The predicted molar refractivity (Wildman–Crippen MR) is 98.6 cm³/mol. The molecule has 9 heteroatoms. The summed E-state index contributed by atoms with van der Waals surface area (Å²) in [7, 11) is 3.32. The van der Waals surface area contributed by atoms with Gasteiger partial charge in [0.05, 0.1) is 0 Å². The van der Waals surface area contributed by atoms with Crippen LogP contribution in [0.4, 0.5) is 9.18 Å². The summed E-state index contributed by atoms with van der Waals surface area (Å²) >= 11 is 0. The number of hydrogen-bond donors (Lipinski definition) is 1. The van der Waals surface area contributed by atoms with E-state index in [-0.39, 0.29) is 37.4 Å². The topological polar surface area (TPSA) is 87.5 Å². The van der Waals surface area contributed by atoms with E-state index in [0.29, 0.717) is 17.8 Å². The molecule has 3 rings (SSSR count). The van der Waals surface area contributed by atoms with Crippen LogP contribution in [0.1, 0.15) is 30.3 Å². The number of imidazole rings is 1. The van der Waals surface area contributed by atoms with Crippen molar-refractivity contribution < 1.29 is 18.8 Å². The molecular formula is C19H22FN5O3. The number of aryl methyl sites for hydroxylation is 1. The van der Waals surface area contributed by atoms with E-state index in [1.54, 1.807) is 49.3 Å². The minimum Gasteiger partial charge on any atom is -0.342 e. The summed E-state index contributed by atoms with van der Waals surface area (Å²) in [4.78, 5) is 42.8. The van der Waals surface area contributed by atoms with Crippen LogP contribution in [0.2, 0.25) is 0 Å². The van der Waals surface area contributed by atoms with E-state index in [9.17, 15) is 18.8 Å². The number of likely N-dealkylation sites (N-methyl/N-ethyl adjacent to an activating group) is 1. The smallest absolute Gasteiger partial charge is 0.326 e. The number of urea groups is 1. The Balaban J connectivity index is 1.65. The van der Waals surface area contributed by atoms with Gasteiger partial charge in [-0.2, -0.15) is 0 Å². The number of amides is 4. The monoisotopic (exact) mass is 387 g/mol. The van der Waals surface area contributed by atoms with E-state index < -0.39 is 11.9 Å². The molecule has 0 saturated carbocycles. The fraction of sp³-hybridized carbons (Fsp3) is 0.368. The second-order valence-electron chi connectivity index (χ2n) is 6.71. The first-order chi connectivity index (χ1) is 13.4. The Labute approximate surface area is 161 Å². The Bertz CT molecular complexity index is 897. The van der Waals surface area contributed by atoms with Gasteiger partial charge in [0.1, 0.15) is 24.2 Å². The highest BCUT2D eigenvalue weighted by Crippen LogP contribution is 2.23. The van der Waals surface area contributed by atoms with E-state index in [2.05, 4.69) is 10.3 Å². The average Bonchev–Trinajstić information content (AvgIpc) is 3.18. The Morgan fingerprint density at radius 1 is 1.29 bits per heavy atom. The second kappa shape index (κ2) is 8.20. The molecule has 148 valence electrons. The molecule has 4 amide bonds. The zero-order valence-corrected chi connectivity index (χ0v) is 15.8. The molecule has 0 unspecified atom stereocenters. The molecule has 1 aliphatic heterocycles. The highest BCUT2D eigenvalue weighted by Gasteiger charge is 2.33. The zero-order chi connectivity index (χ0) is 20.3. The van der Waals surface area contributed by atoms with E-state index in [1.807, 2.05) is 0 Å². The lowest BCUT2D eigenvalue weighted by atomic mass is 10.0. The van der Waals surface area contributed by atoms with Crippen LogP contribution in [0.25, 0.3) is 0 Å². The number of imide groups is 1. The van der Waals surface area contributed by atoms with Gasteiger partial charge >= 0.3 is 6.03 Å². The second-order valence-corrected chi connectivity index (χ2v) is 6.71. The molecule has 0 aliphatic carbocycles. The van der Waals surface area contributed by atoms with Gasteiger partial charge in [-0.25, -0.2) is 14.2 Å². The number of rotatable bonds is 7. The molecule has 2 heterocycles. The molecule has 1 fully saturated rings. The highest BCUT2D eigenvalue weighted by atomic mass is 19.1. The third-order valence-electron chi connectivity index (χ3n) is 4.65. The van der Waals surface area contributed by atoms with E-state index in [1.165, 1.54) is 11.0 Å². The SMILES string of the molecule is CN1CC(=O)N(CCCC(=O)N[C@@H](c2ccccc2F)c2nccn2C)C1=O. The van der Waals surface area contributed by atoms with Crippen LogP contribution < -0.4 is 5.32 Å². The van der Waals surface area contributed by atoms with Crippen LogP contribution in [0, 0.1) is 5.82 Å². The van der Waals surface area contributed by atoms with Gasteiger partial charge in [0.2, 0.25) is 11.8 Å². The van der Waals surface area contributed by atoms with Gasteiger partial charge in [-0.05, 0) is 12.5 Å². The number of halogens is 1.